The Morgan fingerprint density at radius 2 is 1.67 bits per heavy atom. The van der Waals surface area contributed by atoms with Crippen LogP contribution in [-0.4, -0.2) is 49.1 Å². The van der Waals surface area contributed by atoms with Crippen LogP contribution in [0.4, 0.5) is 0 Å². The Kier molecular flexibility index (Phi) is 6.54. The fourth-order valence-electron chi connectivity index (χ4n) is 0.774. The van der Waals surface area contributed by atoms with E-state index in [0.717, 1.165) is 6.54 Å². The molecule has 52 valence electrons. The van der Waals surface area contributed by atoms with Crippen molar-refractivity contribution in [1.82, 2.24) is 4.90 Å². The van der Waals surface area contributed by atoms with E-state index in [4.69, 9.17) is 0 Å². The summed E-state index contributed by atoms with van der Waals surface area (Å²) in [5, 5.41) is 0. The Hall–Kier alpha value is 0.907. The van der Waals surface area contributed by atoms with Crippen LogP contribution in [0.1, 0.15) is 13.8 Å². The molecule has 0 heterocycles. The summed E-state index contributed by atoms with van der Waals surface area (Å²) in [6, 6.07) is 0. The molecule has 9 heavy (non-hydrogen) atoms. The Morgan fingerprint density at radius 1 is 1.33 bits per heavy atom. The molecule has 0 saturated carbocycles. The van der Waals surface area contributed by atoms with Crippen LogP contribution in [0.2, 0.25) is 0 Å². The van der Waals surface area contributed by atoms with Crippen LogP contribution < -0.4 is 0 Å². The first-order valence-corrected chi connectivity index (χ1v) is 3.24. The van der Waals surface area contributed by atoms with E-state index < -0.39 is 0 Å². The van der Waals surface area contributed by atoms with Crippen molar-refractivity contribution in [3.05, 3.63) is 0 Å². The van der Waals surface area contributed by atoms with Gasteiger partial charge in [-0.2, -0.15) is 12.6 Å². The van der Waals surface area contributed by atoms with Gasteiger partial charge in [-0.25, -0.2) is 0 Å². The molecule has 0 spiro atoms. The molecular weight excluding hydrogens is 125 g/mol. The molecule has 0 aliphatic rings. The van der Waals surface area contributed by atoms with Gasteiger partial charge in [-0.3, -0.25) is 0 Å². The second kappa shape index (κ2) is 4.68. The first-order chi connectivity index (χ1) is 3.42. The third-order valence-electron chi connectivity index (χ3n) is 0.703. The average Bonchev–Trinajstić information content (AvgIpc) is 1.21. The molecule has 1 nitrogen and oxygen atoms in total. The molecule has 0 atom stereocenters. The number of rotatable bonds is 2. The molecule has 0 aromatic heterocycles. The number of hydrogen-bond donors (Lipinski definition) is 1. The number of nitrogens with zero attached hydrogens (tertiary/aromatic N) is 1. The first-order valence-electron chi connectivity index (χ1n) is 2.79. The van der Waals surface area contributed by atoms with Crippen LogP contribution in [0.25, 0.3) is 0 Å². The van der Waals surface area contributed by atoms with E-state index in [1.807, 2.05) is 0 Å². The second-order valence-corrected chi connectivity index (χ2v) is 4.26. The summed E-state index contributed by atoms with van der Waals surface area (Å²) in [7, 11) is 4.11. The molecule has 0 aromatic rings. The van der Waals surface area contributed by atoms with Gasteiger partial charge in [0.1, 0.15) is 0 Å². The van der Waals surface area contributed by atoms with E-state index in [-0.39, 0.29) is 23.6 Å². The molecule has 0 N–H and O–H groups in total. The van der Waals surface area contributed by atoms with Crippen molar-refractivity contribution in [2.75, 3.05) is 20.6 Å². The average molecular weight is 141 g/mol. The van der Waals surface area contributed by atoms with Gasteiger partial charge in [0.25, 0.3) is 0 Å². The van der Waals surface area contributed by atoms with Gasteiger partial charge < -0.3 is 4.90 Å². The quantitative estimate of drug-likeness (QED) is 0.435. The van der Waals surface area contributed by atoms with Crippen molar-refractivity contribution in [1.29, 1.82) is 0 Å². The van der Waals surface area contributed by atoms with Crippen LogP contribution in [0.15, 0.2) is 0 Å². The van der Waals surface area contributed by atoms with Crippen LogP contribution in [0.5, 0.6) is 0 Å². The summed E-state index contributed by atoms with van der Waals surface area (Å²) in [4.78, 5) is 2.13. The van der Waals surface area contributed by atoms with Crippen molar-refractivity contribution in [3.63, 3.8) is 0 Å². The summed E-state index contributed by atoms with van der Waals surface area (Å²) in [5.41, 5.74) is 0. The van der Waals surface area contributed by atoms with E-state index in [1.165, 1.54) is 0 Å². The van der Waals surface area contributed by atoms with Crippen LogP contribution in [0, 0.1) is 0 Å². The third-order valence-corrected chi connectivity index (χ3v) is 0.845. The molecule has 3 heteroatoms. The predicted octanol–water partition coefficient (Wildman–Crippen LogP) is 0.608. The Labute approximate surface area is 75.8 Å². The fraction of sp³-hybridized carbons (Fsp3) is 1.00. The molecule has 0 fully saturated rings. The fourth-order valence-corrected chi connectivity index (χ4v) is 1.06. The van der Waals surface area contributed by atoms with Gasteiger partial charge in [0.2, 0.25) is 0 Å². The maximum atomic E-state index is 4.35. The van der Waals surface area contributed by atoms with Crippen LogP contribution in [-0.2, 0) is 0 Å². The first kappa shape index (κ1) is 12.6. The van der Waals surface area contributed by atoms with Crippen LogP contribution >= 0.6 is 12.6 Å². The van der Waals surface area contributed by atoms with Crippen molar-refractivity contribution >= 4 is 31.5 Å². The molecule has 0 unspecified atom stereocenters. The summed E-state index contributed by atoms with van der Waals surface area (Å²) in [6.07, 6.45) is 0. The second-order valence-electron chi connectivity index (χ2n) is 3.05. The summed E-state index contributed by atoms with van der Waals surface area (Å²) in [5.74, 6) is 0. The molecule has 0 aromatic carbocycles. The monoisotopic (exact) mass is 141 g/mol. The normalized spacial score (nSPS) is 11.3. The van der Waals surface area contributed by atoms with Gasteiger partial charge in [0.15, 0.2) is 0 Å². The zero-order valence-electron chi connectivity index (χ0n) is 6.10. The van der Waals surface area contributed by atoms with Gasteiger partial charge in [-0.1, -0.05) is 0 Å². The van der Waals surface area contributed by atoms with E-state index in [1.54, 1.807) is 0 Å². The summed E-state index contributed by atoms with van der Waals surface area (Å²) in [6.45, 7) is 5.24. The summed E-state index contributed by atoms with van der Waals surface area (Å²) < 4.78 is 0.142. The van der Waals surface area contributed by atoms with Crippen molar-refractivity contribution in [3.8, 4) is 0 Å². The van der Waals surface area contributed by atoms with Crippen LogP contribution in [0.3, 0.4) is 0 Å². The molecule has 0 aliphatic heterocycles. The minimum atomic E-state index is 0. The van der Waals surface area contributed by atoms with Gasteiger partial charge in [-0.15, -0.1) is 0 Å². The Bertz CT molecular complexity index is 67.9. The van der Waals surface area contributed by atoms with Gasteiger partial charge in [-0.05, 0) is 27.9 Å². The molecule has 0 radical (unpaired) electrons. The zero-order chi connectivity index (χ0) is 6.78. The number of hydrogen-bond acceptors (Lipinski definition) is 2. The van der Waals surface area contributed by atoms with Gasteiger partial charge in [0, 0.05) is 11.3 Å². The third kappa shape index (κ3) is 12.2. The molecule has 0 aliphatic carbocycles. The van der Waals surface area contributed by atoms with E-state index in [0.29, 0.717) is 0 Å². The molecule has 0 rings (SSSR count). The van der Waals surface area contributed by atoms with Crippen molar-refractivity contribution in [2.45, 2.75) is 18.6 Å². The molecule has 0 amide bonds. The Morgan fingerprint density at radius 3 is 1.67 bits per heavy atom. The van der Waals surface area contributed by atoms with Crippen molar-refractivity contribution < 1.29 is 0 Å². The zero-order valence-corrected chi connectivity index (χ0v) is 7.00. The SMILES string of the molecule is CN(C)CC(C)(C)S.[LiH]. The van der Waals surface area contributed by atoms with Gasteiger partial charge >= 0.3 is 18.9 Å². The van der Waals surface area contributed by atoms with E-state index in [9.17, 15) is 0 Å². The standard InChI is InChI=1S/C6H15NS.Li.H/c1-6(2,8)5-7(3)4;;/h8H,5H2,1-4H3;;. The molecule has 0 saturated heterocycles. The van der Waals surface area contributed by atoms with E-state index >= 15 is 0 Å². The van der Waals surface area contributed by atoms with E-state index in [2.05, 4.69) is 45.5 Å². The predicted molar refractivity (Wildman–Crippen MR) is 48.8 cm³/mol. The molecule has 0 bridgehead atoms. The number of thiol groups is 1. The van der Waals surface area contributed by atoms with Crippen molar-refractivity contribution in [2.24, 2.45) is 0 Å². The minimum absolute atomic E-state index is 0. The maximum absolute atomic E-state index is 4.35. The Balaban J connectivity index is 0. The topological polar surface area (TPSA) is 3.24 Å². The summed E-state index contributed by atoms with van der Waals surface area (Å²) >= 11 is 4.35. The van der Waals surface area contributed by atoms with Gasteiger partial charge in [0.05, 0.1) is 0 Å². The molecular formula is C6H16LiNS.